The lowest BCUT2D eigenvalue weighted by atomic mass is 9.96. The van der Waals surface area contributed by atoms with Crippen LogP contribution in [-0.4, -0.2) is 53.1 Å². The minimum Gasteiger partial charge on any atom is -0.497 e. The number of rotatable bonds is 9. The summed E-state index contributed by atoms with van der Waals surface area (Å²) in [7, 11) is 4.43. The van der Waals surface area contributed by atoms with Gasteiger partial charge in [0.05, 0.1) is 56.6 Å². The van der Waals surface area contributed by atoms with Crippen LogP contribution in [0.4, 0.5) is 0 Å². The monoisotopic (exact) mass is 613 g/mol. The van der Waals surface area contributed by atoms with Gasteiger partial charge >= 0.3 is 5.97 Å². The molecule has 0 aliphatic carbocycles. The molecule has 9 heteroatoms. The normalized spacial score (nSPS) is 12.8. The van der Waals surface area contributed by atoms with Crippen LogP contribution in [0.3, 0.4) is 0 Å². The van der Waals surface area contributed by atoms with Gasteiger partial charge in [-0.1, -0.05) is 49.1 Å². The second-order valence-electron chi connectivity index (χ2n) is 11.2. The number of methoxy groups -OCH3 is 3. The van der Waals surface area contributed by atoms with Gasteiger partial charge in [0, 0.05) is 56.3 Å². The van der Waals surface area contributed by atoms with Crippen molar-refractivity contribution in [2.24, 2.45) is 0 Å². The van der Waals surface area contributed by atoms with E-state index >= 15 is 0 Å². The first-order valence-corrected chi connectivity index (χ1v) is 14.8. The molecule has 1 aliphatic heterocycles. The van der Waals surface area contributed by atoms with Crippen molar-refractivity contribution >= 4 is 61.4 Å². The van der Waals surface area contributed by atoms with Gasteiger partial charge in [0.1, 0.15) is 11.5 Å². The molecule has 4 aromatic carbocycles. The maximum atomic E-state index is 14.6. The van der Waals surface area contributed by atoms with Gasteiger partial charge in [-0.3, -0.25) is 14.5 Å². The Balaban J connectivity index is 1.60. The van der Waals surface area contributed by atoms with Crippen LogP contribution in [0.1, 0.15) is 26.3 Å². The number of carbonyl (C=O) groups is 3. The SMILES string of the molecule is C=CCn1c2ccccc2c2c3c(c4c5ccccc5n(CC(=C)C(=O)OC)c4c21)C(=O)N(Cc1ccc(OC)cc1OC)C3=O. The zero-order chi connectivity index (χ0) is 32.3. The number of nitrogens with zero attached hydrogens (tertiary/aromatic N) is 3. The Kier molecular flexibility index (Phi) is 6.89. The van der Waals surface area contributed by atoms with Gasteiger partial charge in [-0.25, -0.2) is 4.79 Å². The molecular weight excluding hydrogens is 582 g/mol. The van der Waals surface area contributed by atoms with Crippen LogP contribution >= 0.6 is 0 Å². The Hall–Kier alpha value is -5.83. The van der Waals surface area contributed by atoms with Gasteiger partial charge in [-0.05, 0) is 24.3 Å². The third-order valence-corrected chi connectivity index (χ3v) is 8.79. The van der Waals surface area contributed by atoms with E-state index in [4.69, 9.17) is 14.2 Å². The smallest absolute Gasteiger partial charge is 0.334 e. The Morgan fingerprint density at radius 3 is 1.96 bits per heavy atom. The summed E-state index contributed by atoms with van der Waals surface area (Å²) in [6.07, 6.45) is 1.81. The molecule has 7 rings (SSSR count). The molecule has 6 aromatic rings. The first-order chi connectivity index (χ1) is 22.3. The number of hydrogen-bond acceptors (Lipinski definition) is 6. The molecule has 9 nitrogen and oxygen atoms in total. The van der Waals surface area contributed by atoms with Crippen molar-refractivity contribution in [3.05, 3.63) is 108 Å². The average molecular weight is 614 g/mol. The number of allylic oxidation sites excluding steroid dienone is 1. The largest absolute Gasteiger partial charge is 0.497 e. The van der Waals surface area contributed by atoms with Crippen molar-refractivity contribution in [3.8, 4) is 11.5 Å². The predicted octanol–water partition coefficient (Wildman–Crippen LogP) is 6.63. The van der Waals surface area contributed by atoms with Crippen LogP contribution in [0.15, 0.2) is 91.5 Å². The number of para-hydroxylation sites is 2. The number of amides is 2. The number of benzene rings is 4. The summed E-state index contributed by atoms with van der Waals surface area (Å²) < 4.78 is 20.1. The summed E-state index contributed by atoms with van der Waals surface area (Å²) in [5, 5.41) is 2.95. The van der Waals surface area contributed by atoms with E-state index in [-0.39, 0.29) is 24.6 Å². The van der Waals surface area contributed by atoms with Crippen molar-refractivity contribution in [2.45, 2.75) is 19.6 Å². The van der Waals surface area contributed by atoms with Crippen molar-refractivity contribution in [3.63, 3.8) is 0 Å². The summed E-state index contributed by atoms with van der Waals surface area (Å²) in [6, 6.07) is 20.8. The number of ether oxygens (including phenoxy) is 3. The second-order valence-corrected chi connectivity index (χ2v) is 11.2. The van der Waals surface area contributed by atoms with Crippen LogP contribution in [0.25, 0.3) is 43.6 Å². The summed E-state index contributed by atoms with van der Waals surface area (Å²) in [5.41, 5.74) is 4.79. The van der Waals surface area contributed by atoms with Crippen LogP contribution in [0, 0.1) is 0 Å². The number of imide groups is 1. The molecule has 230 valence electrons. The standard InChI is InChI=1S/C37H31N3O6/c1-6-17-38-26-13-9-7-11-24(26)29-31-32(36(42)40(35(31)41)20-22-15-16-23(44-3)18-28(22)45-4)30-25-12-8-10-14-27(25)39(34(30)33(29)38)19-21(2)37(43)46-5/h6-16,18H,1-2,17,19-20H2,3-5H3. The summed E-state index contributed by atoms with van der Waals surface area (Å²) in [5.74, 6) is -0.211. The lowest BCUT2D eigenvalue weighted by molar-refractivity contribution is -0.136. The van der Waals surface area contributed by atoms with Gasteiger partial charge in [-0.15, -0.1) is 6.58 Å². The van der Waals surface area contributed by atoms with E-state index in [1.165, 1.54) is 12.0 Å². The third kappa shape index (κ3) is 4.05. The lowest BCUT2D eigenvalue weighted by Gasteiger charge is -2.17. The Labute approximate surface area is 264 Å². The second kappa shape index (κ2) is 11.0. The molecule has 0 atom stereocenters. The molecule has 0 saturated heterocycles. The van der Waals surface area contributed by atoms with Crippen LogP contribution in [-0.2, 0) is 29.2 Å². The molecule has 0 fully saturated rings. The molecule has 2 aromatic heterocycles. The highest BCUT2D eigenvalue weighted by Crippen LogP contribution is 2.47. The van der Waals surface area contributed by atoms with Gasteiger partial charge in [0.2, 0.25) is 0 Å². The number of esters is 1. The zero-order valence-electron chi connectivity index (χ0n) is 25.8. The zero-order valence-corrected chi connectivity index (χ0v) is 25.8. The van der Waals surface area contributed by atoms with Crippen molar-refractivity contribution in [1.82, 2.24) is 14.0 Å². The van der Waals surface area contributed by atoms with Crippen molar-refractivity contribution in [2.75, 3.05) is 21.3 Å². The van der Waals surface area contributed by atoms with E-state index in [0.717, 1.165) is 32.8 Å². The van der Waals surface area contributed by atoms with E-state index in [1.807, 2.05) is 53.1 Å². The van der Waals surface area contributed by atoms with Crippen LogP contribution in [0.2, 0.25) is 0 Å². The lowest BCUT2D eigenvalue weighted by Crippen LogP contribution is -2.29. The molecule has 0 saturated carbocycles. The van der Waals surface area contributed by atoms with E-state index in [0.29, 0.717) is 45.5 Å². The highest BCUT2D eigenvalue weighted by molar-refractivity contribution is 6.39. The topological polar surface area (TPSA) is 92.0 Å². The number of hydrogen-bond donors (Lipinski definition) is 0. The van der Waals surface area contributed by atoms with E-state index in [2.05, 4.69) is 17.7 Å². The fourth-order valence-corrected chi connectivity index (χ4v) is 6.82. The van der Waals surface area contributed by atoms with E-state index in [1.54, 1.807) is 38.5 Å². The maximum absolute atomic E-state index is 14.6. The highest BCUT2D eigenvalue weighted by Gasteiger charge is 2.42. The first-order valence-electron chi connectivity index (χ1n) is 14.8. The van der Waals surface area contributed by atoms with Gasteiger partial charge in [-0.2, -0.15) is 0 Å². The molecule has 0 unspecified atom stereocenters. The van der Waals surface area contributed by atoms with Crippen molar-refractivity contribution < 1.29 is 28.6 Å². The summed E-state index contributed by atoms with van der Waals surface area (Å²) in [6.45, 7) is 8.60. The minimum atomic E-state index is -0.527. The Morgan fingerprint density at radius 2 is 1.39 bits per heavy atom. The van der Waals surface area contributed by atoms with Gasteiger partial charge in [0.15, 0.2) is 0 Å². The molecule has 46 heavy (non-hydrogen) atoms. The minimum absolute atomic E-state index is 0.00554. The molecule has 0 spiro atoms. The molecular formula is C37H31N3O6. The number of aromatic nitrogens is 2. The summed E-state index contributed by atoms with van der Waals surface area (Å²) in [4.78, 5) is 43.1. The quantitative estimate of drug-likeness (QED) is 0.0787. The van der Waals surface area contributed by atoms with Gasteiger partial charge in [0.25, 0.3) is 11.8 Å². The molecule has 3 heterocycles. The number of fused-ring (bicyclic) bond motifs is 10. The van der Waals surface area contributed by atoms with Crippen LogP contribution in [0.5, 0.6) is 11.5 Å². The number of carbonyl (C=O) groups excluding carboxylic acids is 3. The van der Waals surface area contributed by atoms with Gasteiger partial charge < -0.3 is 23.3 Å². The highest BCUT2D eigenvalue weighted by atomic mass is 16.5. The Morgan fingerprint density at radius 1 is 0.804 bits per heavy atom. The molecule has 0 bridgehead atoms. The molecule has 1 aliphatic rings. The summed E-state index contributed by atoms with van der Waals surface area (Å²) >= 11 is 0. The van der Waals surface area contributed by atoms with E-state index in [9.17, 15) is 14.4 Å². The molecule has 0 N–H and O–H groups in total. The third-order valence-electron chi connectivity index (χ3n) is 8.79. The van der Waals surface area contributed by atoms with E-state index < -0.39 is 11.9 Å². The van der Waals surface area contributed by atoms with Crippen molar-refractivity contribution in [1.29, 1.82) is 0 Å². The fourth-order valence-electron chi connectivity index (χ4n) is 6.82. The predicted molar refractivity (Wildman–Crippen MR) is 178 cm³/mol. The first kappa shape index (κ1) is 28.9. The average Bonchev–Trinajstić information content (AvgIpc) is 3.66. The molecule has 0 radical (unpaired) electrons. The Bertz CT molecular complexity index is 2310. The van der Waals surface area contributed by atoms with Crippen LogP contribution < -0.4 is 9.47 Å². The molecule has 2 amide bonds. The fraction of sp³-hybridized carbons (Fsp3) is 0.162. The maximum Gasteiger partial charge on any atom is 0.334 e.